The van der Waals surface area contributed by atoms with Gasteiger partial charge in [0, 0.05) is 5.41 Å². The van der Waals surface area contributed by atoms with Gasteiger partial charge in [-0.05, 0) is 56.6 Å². The van der Waals surface area contributed by atoms with Crippen molar-refractivity contribution in [1.82, 2.24) is 0 Å². The van der Waals surface area contributed by atoms with Crippen molar-refractivity contribution in [2.45, 2.75) is 51.9 Å². The minimum absolute atomic E-state index is 0.230. The molecule has 0 unspecified atom stereocenters. The van der Waals surface area contributed by atoms with Crippen LogP contribution in [0.2, 0.25) is 0 Å². The molecule has 0 heteroatoms. The van der Waals surface area contributed by atoms with Gasteiger partial charge in [-0.3, -0.25) is 0 Å². The summed E-state index contributed by atoms with van der Waals surface area (Å²) in [5, 5.41) is 0. The molecule has 0 aliphatic heterocycles. The highest BCUT2D eigenvalue weighted by Gasteiger charge is 2.37. The zero-order valence-corrected chi connectivity index (χ0v) is 13.5. The van der Waals surface area contributed by atoms with Gasteiger partial charge in [0.15, 0.2) is 0 Å². The third-order valence-corrected chi connectivity index (χ3v) is 5.34. The third kappa shape index (κ3) is 2.77. The fourth-order valence-electron chi connectivity index (χ4n) is 3.74. The molecule has 1 aliphatic rings. The van der Waals surface area contributed by atoms with Gasteiger partial charge in [-0.15, -0.1) is 0 Å². The first-order chi connectivity index (χ1) is 10.1. The second-order valence-electron chi connectivity index (χ2n) is 7.00. The lowest BCUT2D eigenvalue weighted by atomic mass is 9.63. The number of rotatable bonds is 2. The maximum Gasteiger partial charge on any atom is 0.0203 e. The van der Waals surface area contributed by atoms with Gasteiger partial charge in [0.2, 0.25) is 0 Å². The van der Waals surface area contributed by atoms with Crippen LogP contribution in [0.5, 0.6) is 0 Å². The second kappa shape index (κ2) is 5.67. The van der Waals surface area contributed by atoms with Crippen LogP contribution >= 0.6 is 0 Å². The Morgan fingerprint density at radius 3 is 1.48 bits per heavy atom. The van der Waals surface area contributed by atoms with E-state index in [1.165, 1.54) is 47.9 Å². The summed E-state index contributed by atoms with van der Waals surface area (Å²) in [5.74, 6) is 0.869. The highest BCUT2D eigenvalue weighted by atomic mass is 14.4. The largest absolute Gasteiger partial charge is 0.0625 e. The summed E-state index contributed by atoms with van der Waals surface area (Å²) in [6, 6.07) is 18.5. The average Bonchev–Trinajstić information content (AvgIpc) is 2.50. The molecular weight excluding hydrogens is 252 g/mol. The third-order valence-electron chi connectivity index (χ3n) is 5.34. The van der Waals surface area contributed by atoms with E-state index in [-0.39, 0.29) is 5.41 Å². The average molecular weight is 278 g/mol. The minimum Gasteiger partial charge on any atom is -0.0625 e. The number of hydrogen-bond acceptors (Lipinski definition) is 0. The second-order valence-corrected chi connectivity index (χ2v) is 7.00. The summed E-state index contributed by atoms with van der Waals surface area (Å²) in [6.07, 6.45) is 5.23. The van der Waals surface area contributed by atoms with E-state index < -0.39 is 0 Å². The highest BCUT2D eigenvalue weighted by Crippen LogP contribution is 2.46. The van der Waals surface area contributed by atoms with Crippen LogP contribution in [-0.4, -0.2) is 0 Å². The van der Waals surface area contributed by atoms with Gasteiger partial charge >= 0.3 is 0 Å². The van der Waals surface area contributed by atoms with Crippen molar-refractivity contribution >= 4 is 0 Å². The normalized spacial score (nSPS) is 18.6. The molecule has 0 spiro atoms. The molecule has 0 N–H and O–H groups in total. The zero-order valence-electron chi connectivity index (χ0n) is 13.5. The van der Waals surface area contributed by atoms with Gasteiger partial charge in [-0.2, -0.15) is 0 Å². The standard InChI is InChI=1S/C21H26/c1-16-4-8-19(9-5-16)21(14-12-18(3)13-15-21)20-10-6-17(2)7-11-20/h4-11,18H,12-15H2,1-3H3. The van der Waals surface area contributed by atoms with E-state index in [0.717, 1.165) is 5.92 Å². The number of hydrogen-bond donors (Lipinski definition) is 0. The van der Waals surface area contributed by atoms with Gasteiger partial charge in [0.1, 0.15) is 0 Å². The van der Waals surface area contributed by atoms with Crippen molar-refractivity contribution in [2.75, 3.05) is 0 Å². The Morgan fingerprint density at radius 2 is 1.10 bits per heavy atom. The van der Waals surface area contributed by atoms with Crippen molar-refractivity contribution < 1.29 is 0 Å². The Kier molecular flexibility index (Phi) is 3.89. The molecule has 110 valence electrons. The predicted molar refractivity (Wildman–Crippen MR) is 90.8 cm³/mol. The summed E-state index contributed by atoms with van der Waals surface area (Å²) >= 11 is 0. The van der Waals surface area contributed by atoms with Crippen molar-refractivity contribution in [3.8, 4) is 0 Å². The van der Waals surface area contributed by atoms with Crippen molar-refractivity contribution in [1.29, 1.82) is 0 Å². The molecule has 0 heterocycles. The van der Waals surface area contributed by atoms with Gasteiger partial charge in [0.05, 0.1) is 0 Å². The first kappa shape index (κ1) is 14.4. The van der Waals surface area contributed by atoms with E-state index in [1.54, 1.807) is 0 Å². The predicted octanol–water partition coefficient (Wildman–Crippen LogP) is 5.80. The molecule has 1 saturated carbocycles. The van der Waals surface area contributed by atoms with E-state index in [1.807, 2.05) is 0 Å². The summed E-state index contributed by atoms with van der Waals surface area (Å²) in [6.45, 7) is 6.74. The molecule has 0 amide bonds. The molecule has 0 bridgehead atoms. The van der Waals surface area contributed by atoms with E-state index in [0.29, 0.717) is 0 Å². The molecule has 2 aromatic carbocycles. The Balaban J connectivity index is 2.06. The van der Waals surface area contributed by atoms with Gasteiger partial charge in [-0.25, -0.2) is 0 Å². The molecule has 1 aliphatic carbocycles. The molecular formula is C21H26. The van der Waals surface area contributed by atoms with Gasteiger partial charge in [-0.1, -0.05) is 66.6 Å². The van der Waals surface area contributed by atoms with Crippen LogP contribution in [0.25, 0.3) is 0 Å². The van der Waals surface area contributed by atoms with Crippen LogP contribution in [0.1, 0.15) is 54.9 Å². The first-order valence-corrected chi connectivity index (χ1v) is 8.24. The summed E-state index contributed by atoms with van der Waals surface area (Å²) < 4.78 is 0. The maximum atomic E-state index is 2.40. The summed E-state index contributed by atoms with van der Waals surface area (Å²) in [4.78, 5) is 0. The van der Waals surface area contributed by atoms with Crippen molar-refractivity contribution in [3.05, 3.63) is 70.8 Å². The quantitative estimate of drug-likeness (QED) is 0.651. The van der Waals surface area contributed by atoms with Crippen LogP contribution in [0.4, 0.5) is 0 Å². The van der Waals surface area contributed by atoms with E-state index >= 15 is 0 Å². The molecule has 0 saturated heterocycles. The molecule has 0 nitrogen and oxygen atoms in total. The molecule has 0 atom stereocenters. The molecule has 0 aromatic heterocycles. The van der Waals surface area contributed by atoms with Gasteiger partial charge in [0.25, 0.3) is 0 Å². The van der Waals surface area contributed by atoms with Crippen molar-refractivity contribution in [3.63, 3.8) is 0 Å². The fourth-order valence-corrected chi connectivity index (χ4v) is 3.74. The smallest absolute Gasteiger partial charge is 0.0203 e. The minimum atomic E-state index is 0.230. The Labute approximate surface area is 129 Å². The molecule has 2 aromatic rings. The Morgan fingerprint density at radius 1 is 0.714 bits per heavy atom. The lowest BCUT2D eigenvalue weighted by molar-refractivity contribution is 0.280. The van der Waals surface area contributed by atoms with Crippen LogP contribution < -0.4 is 0 Å². The van der Waals surface area contributed by atoms with Gasteiger partial charge < -0.3 is 0 Å². The first-order valence-electron chi connectivity index (χ1n) is 8.24. The molecule has 1 fully saturated rings. The van der Waals surface area contributed by atoms with Crippen LogP contribution in [0.15, 0.2) is 48.5 Å². The summed E-state index contributed by atoms with van der Waals surface area (Å²) in [5.41, 5.74) is 5.94. The zero-order chi connectivity index (χ0) is 14.9. The Hall–Kier alpha value is -1.56. The van der Waals surface area contributed by atoms with E-state index in [9.17, 15) is 0 Å². The van der Waals surface area contributed by atoms with E-state index in [4.69, 9.17) is 0 Å². The topological polar surface area (TPSA) is 0 Å². The van der Waals surface area contributed by atoms with Crippen LogP contribution in [0, 0.1) is 19.8 Å². The maximum absolute atomic E-state index is 2.40. The number of benzene rings is 2. The SMILES string of the molecule is Cc1ccc(C2(c3ccc(C)cc3)CCC(C)CC2)cc1. The Bertz CT molecular complexity index is 533. The van der Waals surface area contributed by atoms with Crippen LogP contribution in [-0.2, 0) is 5.41 Å². The lowest BCUT2D eigenvalue weighted by Gasteiger charge is -2.41. The summed E-state index contributed by atoms with van der Waals surface area (Å²) in [7, 11) is 0. The van der Waals surface area contributed by atoms with E-state index in [2.05, 4.69) is 69.3 Å². The highest BCUT2D eigenvalue weighted by molar-refractivity contribution is 5.41. The fraction of sp³-hybridized carbons (Fsp3) is 0.429. The lowest BCUT2D eigenvalue weighted by Crippen LogP contribution is -2.32. The monoisotopic (exact) mass is 278 g/mol. The molecule has 3 rings (SSSR count). The number of aryl methyl sites for hydroxylation is 2. The van der Waals surface area contributed by atoms with Crippen molar-refractivity contribution in [2.24, 2.45) is 5.92 Å². The molecule has 0 radical (unpaired) electrons. The molecule has 21 heavy (non-hydrogen) atoms. The van der Waals surface area contributed by atoms with Crippen LogP contribution in [0.3, 0.4) is 0 Å².